The van der Waals surface area contributed by atoms with Crippen LogP contribution in [0, 0.1) is 11.7 Å². The van der Waals surface area contributed by atoms with Crippen molar-refractivity contribution in [2.45, 2.75) is 38.6 Å². The number of aromatic nitrogens is 2. The molecule has 1 fully saturated rings. The maximum Gasteiger partial charge on any atom is 0.232 e. The van der Waals surface area contributed by atoms with Crippen LogP contribution in [0.4, 0.5) is 15.9 Å². The summed E-state index contributed by atoms with van der Waals surface area (Å²) in [5.74, 6) is 0.514. The van der Waals surface area contributed by atoms with Gasteiger partial charge in [-0.25, -0.2) is 4.39 Å². The first-order valence-corrected chi connectivity index (χ1v) is 11.8. The Hall–Kier alpha value is -2.99. The zero-order valence-electron chi connectivity index (χ0n) is 18.5. The molecule has 2 aliphatic heterocycles. The molecule has 2 aliphatic rings. The molecule has 1 aromatic heterocycles. The lowest BCUT2D eigenvalue weighted by Gasteiger charge is -2.40. The maximum atomic E-state index is 13.7. The van der Waals surface area contributed by atoms with Crippen molar-refractivity contribution in [2.75, 3.05) is 22.9 Å². The molecular formula is C26H26ClFN4O. The van der Waals surface area contributed by atoms with E-state index in [4.69, 9.17) is 11.6 Å². The Morgan fingerprint density at radius 3 is 2.64 bits per heavy atom. The highest BCUT2D eigenvalue weighted by molar-refractivity contribution is 6.30. The minimum Gasteiger partial charge on any atom is -0.354 e. The van der Waals surface area contributed by atoms with E-state index in [1.807, 2.05) is 41.3 Å². The molecule has 170 valence electrons. The summed E-state index contributed by atoms with van der Waals surface area (Å²) < 4.78 is 13.7. The van der Waals surface area contributed by atoms with Crippen molar-refractivity contribution in [3.05, 3.63) is 71.0 Å². The van der Waals surface area contributed by atoms with Gasteiger partial charge in [0, 0.05) is 35.4 Å². The number of hydrogen-bond acceptors (Lipinski definition) is 4. The quantitative estimate of drug-likeness (QED) is 0.512. The highest BCUT2D eigenvalue weighted by atomic mass is 35.5. The van der Waals surface area contributed by atoms with Crippen LogP contribution in [0.1, 0.15) is 31.7 Å². The summed E-state index contributed by atoms with van der Waals surface area (Å²) in [4.78, 5) is 17.6. The minimum atomic E-state index is -0.250. The number of hydrogen-bond donors (Lipinski definition) is 0. The number of amides is 1. The lowest BCUT2D eigenvalue weighted by atomic mass is 9.91. The molecule has 0 spiro atoms. The number of anilines is 2. The fourth-order valence-electron chi connectivity index (χ4n) is 4.91. The average molecular weight is 465 g/mol. The van der Waals surface area contributed by atoms with E-state index in [9.17, 15) is 9.18 Å². The Morgan fingerprint density at radius 2 is 1.88 bits per heavy atom. The number of carbonyl (C=O) groups is 1. The number of piperidine rings is 1. The van der Waals surface area contributed by atoms with Gasteiger partial charge in [0.25, 0.3) is 0 Å². The maximum absolute atomic E-state index is 13.7. The van der Waals surface area contributed by atoms with Gasteiger partial charge in [-0.1, -0.05) is 23.7 Å². The van der Waals surface area contributed by atoms with Crippen LogP contribution in [0.25, 0.3) is 11.3 Å². The van der Waals surface area contributed by atoms with Crippen molar-refractivity contribution in [1.82, 2.24) is 10.2 Å². The van der Waals surface area contributed by atoms with Gasteiger partial charge in [-0.15, -0.1) is 10.2 Å². The number of nitrogens with zero attached hydrogens (tertiary/aromatic N) is 4. The number of aryl methyl sites for hydroxylation is 1. The summed E-state index contributed by atoms with van der Waals surface area (Å²) in [6, 6.07) is 16.3. The summed E-state index contributed by atoms with van der Waals surface area (Å²) in [6.45, 7) is 3.52. The van der Waals surface area contributed by atoms with Crippen molar-refractivity contribution in [1.29, 1.82) is 0 Å². The third-order valence-corrected chi connectivity index (χ3v) is 6.95. The van der Waals surface area contributed by atoms with Crippen LogP contribution in [0.5, 0.6) is 0 Å². The van der Waals surface area contributed by atoms with E-state index in [0.717, 1.165) is 60.6 Å². The molecule has 2 aromatic carbocycles. The van der Waals surface area contributed by atoms with Gasteiger partial charge in [0.15, 0.2) is 5.82 Å². The van der Waals surface area contributed by atoms with Gasteiger partial charge in [-0.2, -0.15) is 0 Å². The van der Waals surface area contributed by atoms with Gasteiger partial charge in [0.05, 0.1) is 11.6 Å². The van der Waals surface area contributed by atoms with Crippen LogP contribution in [0.15, 0.2) is 54.6 Å². The monoisotopic (exact) mass is 464 g/mol. The smallest absolute Gasteiger partial charge is 0.232 e. The summed E-state index contributed by atoms with van der Waals surface area (Å²) in [5.41, 5.74) is 3.51. The van der Waals surface area contributed by atoms with Gasteiger partial charge in [-0.3, -0.25) is 4.79 Å². The fraction of sp³-hybridized carbons (Fsp3) is 0.346. The molecule has 2 unspecified atom stereocenters. The second kappa shape index (κ2) is 9.10. The summed E-state index contributed by atoms with van der Waals surface area (Å²) >= 11 is 5.97. The van der Waals surface area contributed by atoms with E-state index in [1.54, 1.807) is 12.1 Å². The Morgan fingerprint density at radius 1 is 1.06 bits per heavy atom. The molecule has 0 saturated carbocycles. The molecule has 2 atom stereocenters. The molecule has 1 saturated heterocycles. The molecule has 1 amide bonds. The molecule has 0 bridgehead atoms. The predicted molar refractivity (Wildman–Crippen MR) is 129 cm³/mol. The molecule has 0 radical (unpaired) electrons. The summed E-state index contributed by atoms with van der Waals surface area (Å²) in [5, 5.41) is 9.53. The number of carbonyl (C=O) groups excluding carboxylic acids is 1. The number of halogens is 2. The van der Waals surface area contributed by atoms with E-state index in [1.165, 1.54) is 6.07 Å². The highest BCUT2D eigenvalue weighted by Crippen LogP contribution is 2.34. The van der Waals surface area contributed by atoms with Gasteiger partial charge >= 0.3 is 0 Å². The lowest BCUT2D eigenvalue weighted by Crippen LogP contribution is -2.49. The topological polar surface area (TPSA) is 49.3 Å². The fourth-order valence-corrected chi connectivity index (χ4v) is 5.03. The third-order valence-electron chi connectivity index (χ3n) is 6.70. The predicted octanol–water partition coefficient (Wildman–Crippen LogP) is 5.52. The van der Waals surface area contributed by atoms with Crippen molar-refractivity contribution in [3.63, 3.8) is 0 Å². The van der Waals surface area contributed by atoms with Crippen LogP contribution in [-0.4, -0.2) is 35.2 Å². The largest absolute Gasteiger partial charge is 0.354 e. The van der Waals surface area contributed by atoms with Crippen LogP contribution in [-0.2, 0) is 11.2 Å². The first kappa shape index (κ1) is 21.8. The Labute approximate surface area is 198 Å². The second-order valence-corrected chi connectivity index (χ2v) is 9.37. The van der Waals surface area contributed by atoms with Crippen LogP contribution in [0.3, 0.4) is 0 Å². The first-order chi connectivity index (χ1) is 16.0. The molecule has 5 nitrogen and oxygen atoms in total. The Kier molecular flexibility index (Phi) is 6.02. The van der Waals surface area contributed by atoms with Crippen LogP contribution < -0.4 is 9.80 Å². The highest BCUT2D eigenvalue weighted by Gasteiger charge is 2.35. The molecule has 7 heteroatoms. The Bertz CT molecular complexity index is 1150. The first-order valence-electron chi connectivity index (χ1n) is 11.5. The lowest BCUT2D eigenvalue weighted by molar-refractivity contribution is -0.123. The van der Waals surface area contributed by atoms with Gasteiger partial charge in [-0.05, 0) is 80.6 Å². The molecule has 5 rings (SSSR count). The van der Waals surface area contributed by atoms with Gasteiger partial charge in [0.2, 0.25) is 5.91 Å². The molecule has 0 aliphatic carbocycles. The number of rotatable bonds is 3. The second-order valence-electron chi connectivity index (χ2n) is 8.94. The van der Waals surface area contributed by atoms with Gasteiger partial charge < -0.3 is 9.80 Å². The average Bonchev–Trinajstić information content (AvgIpc) is 2.84. The third kappa shape index (κ3) is 4.44. The summed E-state index contributed by atoms with van der Waals surface area (Å²) in [6.07, 6.45) is 3.39. The van der Waals surface area contributed by atoms with Crippen molar-refractivity contribution in [2.24, 2.45) is 5.92 Å². The number of benzene rings is 2. The van der Waals surface area contributed by atoms with Crippen molar-refractivity contribution < 1.29 is 9.18 Å². The normalized spacial score (nSPS) is 20.5. The van der Waals surface area contributed by atoms with Crippen LogP contribution >= 0.6 is 11.6 Å². The zero-order chi connectivity index (χ0) is 22.9. The van der Waals surface area contributed by atoms with E-state index >= 15 is 0 Å². The van der Waals surface area contributed by atoms with Gasteiger partial charge in [0.1, 0.15) is 5.82 Å². The van der Waals surface area contributed by atoms with E-state index in [0.29, 0.717) is 11.6 Å². The van der Waals surface area contributed by atoms with Crippen molar-refractivity contribution in [3.8, 4) is 11.3 Å². The standard InChI is InChI=1S/C26H26ClFN4O/c1-17-4-5-19-15-22(28)10-12-24(19)32(17)26(33)20-3-2-14-31(16-20)25-13-11-23(29-30-25)18-6-8-21(27)9-7-18/h6-13,15,17,20H,2-5,14,16H2,1H3. The zero-order valence-corrected chi connectivity index (χ0v) is 19.3. The minimum absolute atomic E-state index is 0.101. The summed E-state index contributed by atoms with van der Waals surface area (Å²) in [7, 11) is 0. The SMILES string of the molecule is CC1CCc2cc(F)ccc2N1C(=O)C1CCCN(c2ccc(-c3ccc(Cl)cc3)nn2)C1. The number of fused-ring (bicyclic) bond motifs is 1. The van der Waals surface area contributed by atoms with E-state index in [-0.39, 0.29) is 23.7 Å². The van der Waals surface area contributed by atoms with Crippen molar-refractivity contribution >= 4 is 29.0 Å². The van der Waals surface area contributed by atoms with E-state index < -0.39 is 0 Å². The van der Waals surface area contributed by atoms with Crippen LogP contribution in [0.2, 0.25) is 5.02 Å². The molecule has 0 N–H and O–H groups in total. The molecule has 3 heterocycles. The Balaban J connectivity index is 1.33. The van der Waals surface area contributed by atoms with E-state index in [2.05, 4.69) is 22.0 Å². The molecule has 33 heavy (non-hydrogen) atoms. The molecular weight excluding hydrogens is 439 g/mol. The molecule has 3 aromatic rings.